The third-order valence-corrected chi connectivity index (χ3v) is 4.52. The maximum absolute atomic E-state index is 12.2. The van der Waals surface area contributed by atoms with Gasteiger partial charge in [-0.15, -0.1) is 0 Å². The van der Waals surface area contributed by atoms with Crippen LogP contribution in [0.1, 0.15) is 37.8 Å². The van der Waals surface area contributed by atoms with Crippen LogP contribution in [0.15, 0.2) is 48.5 Å². The Hall–Kier alpha value is -3.08. The molecular weight excluding hydrogens is 340 g/mol. The molecule has 0 atom stereocenters. The molecule has 5 heteroatoms. The van der Waals surface area contributed by atoms with E-state index in [0.29, 0.717) is 23.9 Å². The Kier molecular flexibility index (Phi) is 5.60. The van der Waals surface area contributed by atoms with Crippen molar-refractivity contribution in [3.63, 3.8) is 0 Å². The topological polar surface area (TPSA) is 58.6 Å². The Labute approximate surface area is 159 Å². The average Bonchev–Trinajstić information content (AvgIpc) is 2.66. The lowest BCUT2D eigenvalue weighted by Gasteiger charge is -2.28. The zero-order valence-electron chi connectivity index (χ0n) is 15.9. The van der Waals surface area contributed by atoms with Crippen LogP contribution in [0.3, 0.4) is 0 Å². The van der Waals surface area contributed by atoms with Gasteiger partial charge in [-0.1, -0.05) is 38.1 Å². The molecule has 5 nitrogen and oxygen atoms in total. The highest BCUT2D eigenvalue weighted by molar-refractivity contribution is 6.03. The molecule has 0 fully saturated rings. The molecule has 27 heavy (non-hydrogen) atoms. The largest absolute Gasteiger partial charge is 0.481 e. The van der Waals surface area contributed by atoms with Crippen molar-refractivity contribution in [3.05, 3.63) is 59.7 Å². The molecular formula is C22H24N2O3. The second kappa shape index (κ2) is 8.08. The minimum atomic E-state index is -0.220. The monoisotopic (exact) mass is 364 g/mol. The number of rotatable bonds is 5. The second-order valence-corrected chi connectivity index (χ2v) is 6.75. The van der Waals surface area contributed by atoms with Crippen molar-refractivity contribution in [2.75, 3.05) is 23.4 Å². The number of amides is 2. The van der Waals surface area contributed by atoms with E-state index in [1.165, 1.54) is 11.6 Å². The molecule has 1 aliphatic rings. The Bertz CT molecular complexity index is 870. The molecule has 3 rings (SSSR count). The van der Waals surface area contributed by atoms with E-state index < -0.39 is 0 Å². The molecule has 2 amide bonds. The minimum Gasteiger partial charge on any atom is -0.481 e. The molecule has 1 N–H and O–H groups in total. The number of hydrogen-bond donors (Lipinski definition) is 1. The fraction of sp³-hybridized carbons (Fsp3) is 0.273. The first kappa shape index (κ1) is 18.7. The number of nitrogens with zero attached hydrogens (tertiary/aromatic N) is 1. The zero-order valence-corrected chi connectivity index (χ0v) is 15.9. The van der Waals surface area contributed by atoms with Gasteiger partial charge in [0.1, 0.15) is 5.75 Å². The highest BCUT2D eigenvalue weighted by Gasteiger charge is 2.24. The Morgan fingerprint density at radius 1 is 1.22 bits per heavy atom. The van der Waals surface area contributed by atoms with Gasteiger partial charge in [0, 0.05) is 24.4 Å². The van der Waals surface area contributed by atoms with Crippen LogP contribution >= 0.6 is 0 Å². The van der Waals surface area contributed by atoms with Gasteiger partial charge in [0.15, 0.2) is 6.61 Å². The summed E-state index contributed by atoms with van der Waals surface area (Å²) in [6, 6.07) is 13.5. The molecule has 0 saturated carbocycles. The molecule has 0 spiro atoms. The van der Waals surface area contributed by atoms with Crippen molar-refractivity contribution >= 4 is 29.3 Å². The summed E-state index contributed by atoms with van der Waals surface area (Å²) in [5, 5.41) is 2.83. The molecule has 0 aliphatic carbocycles. The van der Waals surface area contributed by atoms with E-state index in [-0.39, 0.29) is 18.4 Å². The fourth-order valence-electron chi connectivity index (χ4n) is 2.98. The normalized spacial score (nSPS) is 13.6. The number of anilines is 2. The number of carbonyl (C=O) groups is 2. The summed E-state index contributed by atoms with van der Waals surface area (Å²) in [5.41, 5.74) is 3.60. The first-order chi connectivity index (χ1) is 13.0. The summed E-state index contributed by atoms with van der Waals surface area (Å²) in [7, 11) is 0. The predicted molar refractivity (Wildman–Crippen MR) is 108 cm³/mol. The molecule has 0 saturated heterocycles. The van der Waals surface area contributed by atoms with Crippen LogP contribution in [0.5, 0.6) is 5.75 Å². The standard InChI is InChI=1S/C22H24N2O3/c1-4-24-19-11-10-18(13-20(19)27-14-22(24)26)23-21(25)12-7-16-5-8-17(9-6-16)15(2)3/h5-13,15H,4,14H2,1-3H3,(H,23,25)/b12-7+. The van der Waals surface area contributed by atoms with E-state index in [0.717, 1.165) is 11.3 Å². The van der Waals surface area contributed by atoms with Crippen LogP contribution in [-0.4, -0.2) is 25.0 Å². The summed E-state index contributed by atoms with van der Waals surface area (Å²) in [6.45, 7) is 6.82. The number of benzene rings is 2. The third-order valence-electron chi connectivity index (χ3n) is 4.52. The number of nitrogens with one attached hydrogen (secondary N) is 1. The van der Waals surface area contributed by atoms with Crippen LogP contribution in [0.4, 0.5) is 11.4 Å². The summed E-state index contributed by atoms with van der Waals surface area (Å²) >= 11 is 0. The number of carbonyl (C=O) groups excluding carboxylic acids is 2. The van der Waals surface area contributed by atoms with E-state index in [4.69, 9.17) is 4.74 Å². The summed E-state index contributed by atoms with van der Waals surface area (Å²) < 4.78 is 5.49. The quantitative estimate of drug-likeness (QED) is 0.809. The molecule has 140 valence electrons. The lowest BCUT2D eigenvalue weighted by molar-refractivity contribution is -0.121. The molecule has 0 aromatic heterocycles. The molecule has 1 aliphatic heterocycles. The van der Waals surface area contributed by atoms with Crippen molar-refractivity contribution in [1.82, 2.24) is 0 Å². The molecule has 2 aromatic carbocycles. The van der Waals surface area contributed by atoms with Crippen molar-refractivity contribution in [3.8, 4) is 5.75 Å². The lowest BCUT2D eigenvalue weighted by Crippen LogP contribution is -2.38. The Morgan fingerprint density at radius 3 is 2.63 bits per heavy atom. The van der Waals surface area contributed by atoms with E-state index in [9.17, 15) is 9.59 Å². The number of hydrogen-bond acceptors (Lipinski definition) is 3. The maximum Gasteiger partial charge on any atom is 0.265 e. The van der Waals surface area contributed by atoms with Gasteiger partial charge in [0.25, 0.3) is 5.91 Å². The SMILES string of the molecule is CCN1C(=O)COc2cc(NC(=O)/C=C/c3ccc(C(C)C)cc3)ccc21. The lowest BCUT2D eigenvalue weighted by atomic mass is 10.0. The number of ether oxygens (including phenoxy) is 1. The van der Waals surface area contributed by atoms with Gasteiger partial charge >= 0.3 is 0 Å². The summed E-state index contributed by atoms with van der Waals surface area (Å²) in [5.74, 6) is 0.800. The van der Waals surface area contributed by atoms with Crippen molar-refractivity contribution in [2.45, 2.75) is 26.7 Å². The van der Waals surface area contributed by atoms with E-state index in [2.05, 4.69) is 31.3 Å². The van der Waals surface area contributed by atoms with Gasteiger partial charge in [0.2, 0.25) is 5.91 Å². The highest BCUT2D eigenvalue weighted by Crippen LogP contribution is 2.34. The van der Waals surface area contributed by atoms with Gasteiger partial charge in [-0.05, 0) is 42.2 Å². The average molecular weight is 364 g/mol. The van der Waals surface area contributed by atoms with Crippen molar-refractivity contribution in [2.24, 2.45) is 0 Å². The predicted octanol–water partition coefficient (Wildman–Crippen LogP) is 4.21. The molecule has 0 bridgehead atoms. The van der Waals surface area contributed by atoms with Gasteiger partial charge in [-0.3, -0.25) is 9.59 Å². The number of likely N-dealkylation sites (N-methyl/N-ethyl adjacent to an activating group) is 1. The van der Waals surface area contributed by atoms with Gasteiger partial charge in [0.05, 0.1) is 5.69 Å². The van der Waals surface area contributed by atoms with E-state index in [1.807, 2.05) is 19.1 Å². The van der Waals surface area contributed by atoms with E-state index >= 15 is 0 Å². The first-order valence-corrected chi connectivity index (χ1v) is 9.14. The smallest absolute Gasteiger partial charge is 0.265 e. The molecule has 0 radical (unpaired) electrons. The zero-order chi connectivity index (χ0) is 19.4. The molecule has 2 aromatic rings. The van der Waals surface area contributed by atoms with Gasteiger partial charge in [-0.2, -0.15) is 0 Å². The summed E-state index contributed by atoms with van der Waals surface area (Å²) in [4.78, 5) is 25.7. The van der Waals surface area contributed by atoms with Crippen molar-refractivity contribution in [1.29, 1.82) is 0 Å². The van der Waals surface area contributed by atoms with Crippen LogP contribution < -0.4 is 15.0 Å². The van der Waals surface area contributed by atoms with Crippen LogP contribution in [-0.2, 0) is 9.59 Å². The first-order valence-electron chi connectivity index (χ1n) is 9.14. The highest BCUT2D eigenvalue weighted by atomic mass is 16.5. The molecule has 1 heterocycles. The summed E-state index contributed by atoms with van der Waals surface area (Å²) in [6.07, 6.45) is 3.29. The van der Waals surface area contributed by atoms with Gasteiger partial charge in [-0.25, -0.2) is 0 Å². The minimum absolute atomic E-state index is 0.0184. The Balaban J connectivity index is 1.67. The van der Waals surface area contributed by atoms with Gasteiger partial charge < -0.3 is 15.0 Å². The van der Waals surface area contributed by atoms with Crippen LogP contribution in [0.25, 0.3) is 6.08 Å². The van der Waals surface area contributed by atoms with Crippen molar-refractivity contribution < 1.29 is 14.3 Å². The Morgan fingerprint density at radius 2 is 1.96 bits per heavy atom. The second-order valence-electron chi connectivity index (χ2n) is 6.75. The van der Waals surface area contributed by atoms with E-state index in [1.54, 1.807) is 29.2 Å². The number of fused-ring (bicyclic) bond motifs is 1. The van der Waals surface area contributed by atoms with Crippen LogP contribution in [0.2, 0.25) is 0 Å². The molecule has 0 unspecified atom stereocenters. The maximum atomic E-state index is 12.2. The van der Waals surface area contributed by atoms with Crippen LogP contribution in [0, 0.1) is 0 Å². The third kappa shape index (κ3) is 4.37. The fourth-order valence-corrected chi connectivity index (χ4v) is 2.98.